The molecule has 1 aromatic rings. The number of hydrogen-bond donors (Lipinski definition) is 0. The number of benzene rings is 1. The molecular weight excluding hydrogens is 308 g/mol. The third kappa shape index (κ3) is 1.94. The highest BCUT2D eigenvalue weighted by molar-refractivity contribution is 6.05. The number of ether oxygens (including phenoxy) is 3. The van der Waals surface area contributed by atoms with Gasteiger partial charge in [0.15, 0.2) is 0 Å². The fraction of sp³-hybridized carbons (Fsp3) is 0.158. The topological polar surface area (TPSA) is 61.8 Å². The van der Waals surface area contributed by atoms with Crippen LogP contribution in [0.2, 0.25) is 0 Å². The van der Waals surface area contributed by atoms with Crippen LogP contribution in [0.3, 0.4) is 0 Å². The summed E-state index contributed by atoms with van der Waals surface area (Å²) >= 11 is 0. The maximum Gasteiger partial charge on any atom is 0.348 e. The minimum Gasteiger partial charge on any atom is -0.460 e. The molecule has 0 spiro atoms. The maximum absolute atomic E-state index is 12.1. The number of aryl methyl sites for hydroxylation is 1. The van der Waals surface area contributed by atoms with Gasteiger partial charge < -0.3 is 14.2 Å². The van der Waals surface area contributed by atoms with Crippen molar-refractivity contribution in [3.05, 3.63) is 71.7 Å². The monoisotopic (exact) mass is 322 g/mol. The van der Waals surface area contributed by atoms with Crippen molar-refractivity contribution >= 4 is 17.7 Å². The summed E-state index contributed by atoms with van der Waals surface area (Å²) in [7, 11) is 0. The summed E-state index contributed by atoms with van der Waals surface area (Å²) in [5.41, 5.74) is 1.84. The highest BCUT2D eigenvalue weighted by Crippen LogP contribution is 2.42. The van der Waals surface area contributed by atoms with E-state index in [1.807, 2.05) is 19.1 Å². The summed E-state index contributed by atoms with van der Waals surface area (Å²) in [6, 6.07) is 3.52. The van der Waals surface area contributed by atoms with E-state index in [0.29, 0.717) is 34.2 Å². The molecule has 2 unspecified atom stereocenters. The van der Waals surface area contributed by atoms with Gasteiger partial charge in [0.05, 0.1) is 5.92 Å². The minimum atomic E-state index is -0.583. The van der Waals surface area contributed by atoms with Gasteiger partial charge in [-0.2, -0.15) is 0 Å². The number of rotatable bonds is 2. The highest BCUT2D eigenvalue weighted by Gasteiger charge is 2.44. The van der Waals surface area contributed by atoms with Gasteiger partial charge in [0.25, 0.3) is 0 Å². The second kappa shape index (κ2) is 4.96. The van der Waals surface area contributed by atoms with E-state index < -0.39 is 17.9 Å². The molecule has 5 heteroatoms. The number of allylic oxidation sites excluding steroid dienone is 3. The first kappa shape index (κ1) is 14.5. The van der Waals surface area contributed by atoms with Gasteiger partial charge in [-0.25, -0.2) is 4.79 Å². The molecule has 24 heavy (non-hydrogen) atoms. The fourth-order valence-electron chi connectivity index (χ4n) is 3.25. The Bertz CT molecular complexity index is 887. The fourth-order valence-corrected chi connectivity index (χ4v) is 3.25. The van der Waals surface area contributed by atoms with Crippen molar-refractivity contribution in [2.24, 2.45) is 11.8 Å². The van der Waals surface area contributed by atoms with Crippen molar-refractivity contribution < 1.29 is 23.8 Å². The molecular formula is C19H14O5. The van der Waals surface area contributed by atoms with Crippen LogP contribution in [0.1, 0.15) is 21.5 Å². The maximum atomic E-state index is 12.1. The molecule has 1 aromatic carbocycles. The number of fused-ring (bicyclic) bond motifs is 2. The molecule has 2 aliphatic heterocycles. The molecule has 120 valence electrons. The summed E-state index contributed by atoms with van der Waals surface area (Å²) in [6.45, 7) is 9.39. The number of cyclic esters (lactones) is 2. The summed E-state index contributed by atoms with van der Waals surface area (Å²) in [6.07, 6.45) is 5.33. The van der Waals surface area contributed by atoms with Crippen LogP contribution in [0, 0.1) is 18.8 Å². The Labute approximate surface area is 138 Å². The highest BCUT2D eigenvalue weighted by atomic mass is 16.6. The second-order valence-corrected chi connectivity index (χ2v) is 5.89. The van der Waals surface area contributed by atoms with Crippen molar-refractivity contribution in [2.45, 2.75) is 6.92 Å². The molecule has 1 fully saturated rings. The average molecular weight is 322 g/mol. The van der Waals surface area contributed by atoms with Crippen LogP contribution < -0.4 is 4.74 Å². The first-order chi connectivity index (χ1) is 11.5. The van der Waals surface area contributed by atoms with E-state index in [-0.39, 0.29) is 5.92 Å². The van der Waals surface area contributed by atoms with Gasteiger partial charge in [-0.05, 0) is 24.6 Å². The molecule has 0 bridgehead atoms. The van der Waals surface area contributed by atoms with Crippen LogP contribution in [0.4, 0.5) is 0 Å². The van der Waals surface area contributed by atoms with E-state index in [9.17, 15) is 9.59 Å². The van der Waals surface area contributed by atoms with Crippen molar-refractivity contribution in [1.29, 1.82) is 0 Å². The van der Waals surface area contributed by atoms with Gasteiger partial charge in [-0.1, -0.05) is 31.4 Å². The predicted molar refractivity (Wildman–Crippen MR) is 85.7 cm³/mol. The Kier molecular flexibility index (Phi) is 3.00. The largest absolute Gasteiger partial charge is 0.460 e. The molecule has 5 nitrogen and oxygen atoms in total. The molecule has 1 saturated heterocycles. The Morgan fingerprint density at radius 3 is 2.71 bits per heavy atom. The van der Waals surface area contributed by atoms with Crippen LogP contribution in [0.5, 0.6) is 5.75 Å². The standard InChI is InChI=1S/C19H14O5/c1-9-7-8-14(17-15(9)11(3)23-19(17)21)24-13-6-4-5-12-10(2)22-18(20)16(12)13/h4-8,12,16H,2-3H2,1H3. The molecule has 2 atom stereocenters. The number of hydrogen-bond acceptors (Lipinski definition) is 5. The first-order valence-corrected chi connectivity index (χ1v) is 7.49. The third-order valence-corrected chi connectivity index (χ3v) is 4.40. The van der Waals surface area contributed by atoms with Gasteiger partial charge in [0, 0.05) is 5.56 Å². The summed E-state index contributed by atoms with van der Waals surface area (Å²) < 4.78 is 16.2. The van der Waals surface area contributed by atoms with Crippen molar-refractivity contribution in [3.63, 3.8) is 0 Å². The van der Waals surface area contributed by atoms with Gasteiger partial charge in [-0.3, -0.25) is 4.79 Å². The lowest BCUT2D eigenvalue weighted by molar-refractivity contribution is -0.138. The molecule has 0 N–H and O–H groups in total. The molecule has 1 aliphatic carbocycles. The number of carbonyl (C=O) groups excluding carboxylic acids is 2. The Balaban J connectivity index is 1.75. The van der Waals surface area contributed by atoms with Crippen LogP contribution in [0.15, 0.2) is 55.0 Å². The van der Waals surface area contributed by atoms with E-state index in [1.54, 1.807) is 18.2 Å². The van der Waals surface area contributed by atoms with Gasteiger partial charge in [-0.15, -0.1) is 0 Å². The average Bonchev–Trinajstić information content (AvgIpc) is 3.00. The van der Waals surface area contributed by atoms with Crippen LogP contribution in [0.25, 0.3) is 5.76 Å². The Morgan fingerprint density at radius 1 is 1.12 bits per heavy atom. The smallest absolute Gasteiger partial charge is 0.348 e. The van der Waals surface area contributed by atoms with Gasteiger partial charge in [0.1, 0.15) is 34.5 Å². The summed E-state index contributed by atoms with van der Waals surface area (Å²) in [5.74, 6) is -0.281. The summed E-state index contributed by atoms with van der Waals surface area (Å²) in [4.78, 5) is 24.2. The lowest BCUT2D eigenvalue weighted by Crippen LogP contribution is -2.22. The molecule has 0 saturated carbocycles. The second-order valence-electron chi connectivity index (χ2n) is 5.89. The van der Waals surface area contributed by atoms with Crippen molar-refractivity contribution in [3.8, 4) is 5.75 Å². The van der Waals surface area contributed by atoms with Gasteiger partial charge >= 0.3 is 11.9 Å². The Hall–Kier alpha value is -3.08. The van der Waals surface area contributed by atoms with Gasteiger partial charge in [0.2, 0.25) is 0 Å². The molecule has 2 heterocycles. The third-order valence-electron chi connectivity index (χ3n) is 4.40. The molecule has 4 rings (SSSR count). The molecule has 0 amide bonds. The van der Waals surface area contributed by atoms with Crippen LogP contribution in [-0.4, -0.2) is 11.9 Å². The van der Waals surface area contributed by atoms with Crippen molar-refractivity contribution in [2.75, 3.05) is 0 Å². The van der Waals surface area contributed by atoms with E-state index >= 15 is 0 Å². The zero-order valence-corrected chi connectivity index (χ0v) is 13.0. The van der Waals surface area contributed by atoms with E-state index in [1.165, 1.54) is 0 Å². The van der Waals surface area contributed by atoms with E-state index in [2.05, 4.69) is 13.2 Å². The normalized spacial score (nSPS) is 24.3. The van der Waals surface area contributed by atoms with E-state index in [0.717, 1.165) is 5.56 Å². The van der Waals surface area contributed by atoms with E-state index in [4.69, 9.17) is 14.2 Å². The number of esters is 2. The lowest BCUT2D eigenvalue weighted by atomic mass is 9.88. The lowest BCUT2D eigenvalue weighted by Gasteiger charge is -2.20. The molecule has 0 aromatic heterocycles. The molecule has 3 aliphatic rings. The Morgan fingerprint density at radius 2 is 1.92 bits per heavy atom. The van der Waals surface area contributed by atoms with Crippen molar-refractivity contribution in [1.82, 2.24) is 0 Å². The van der Waals surface area contributed by atoms with Crippen LogP contribution >= 0.6 is 0 Å². The first-order valence-electron chi connectivity index (χ1n) is 7.49. The quantitative estimate of drug-likeness (QED) is 0.782. The zero-order chi connectivity index (χ0) is 17.0. The zero-order valence-electron chi connectivity index (χ0n) is 13.0. The SMILES string of the molecule is C=C1OC(=O)c2c(OC3=CC=CC4C(=C)OC(=O)C34)ccc(C)c21. The predicted octanol–water partition coefficient (Wildman–Crippen LogP) is 3.27. The number of carbonyl (C=O) groups is 2. The summed E-state index contributed by atoms with van der Waals surface area (Å²) in [5, 5.41) is 0. The van der Waals surface area contributed by atoms with Crippen LogP contribution in [-0.2, 0) is 14.3 Å². The molecule has 0 radical (unpaired) electrons. The minimum absolute atomic E-state index is 0.252.